The van der Waals surface area contributed by atoms with Crippen molar-refractivity contribution in [1.82, 2.24) is 9.78 Å². The summed E-state index contributed by atoms with van der Waals surface area (Å²) in [6, 6.07) is 12.9. The fourth-order valence-electron chi connectivity index (χ4n) is 3.10. The number of rotatable bonds is 6. The molecular weight excluding hydrogens is 374 g/mol. The van der Waals surface area contributed by atoms with E-state index in [1.54, 1.807) is 18.2 Å². The van der Waals surface area contributed by atoms with Gasteiger partial charge in [-0.25, -0.2) is 0 Å². The van der Waals surface area contributed by atoms with Crippen LogP contribution in [0.15, 0.2) is 42.5 Å². The maximum Gasteiger partial charge on any atom is 0.255 e. The number of benzene rings is 2. The van der Waals surface area contributed by atoms with Crippen molar-refractivity contribution in [2.24, 2.45) is 7.05 Å². The number of aryl methyl sites for hydroxylation is 2. The second-order valence-corrected chi connectivity index (χ2v) is 7.09. The summed E-state index contributed by atoms with van der Waals surface area (Å²) >= 11 is 6.17. The molecule has 0 spiro atoms. The Morgan fingerprint density at radius 3 is 2.46 bits per heavy atom. The highest BCUT2D eigenvalue weighted by Gasteiger charge is 2.12. The Hall–Kier alpha value is -2.79. The molecule has 3 aromatic rings. The SMILES string of the molecule is CCOc1ccc(C(=O)Nc2ccc(Cc3c(C)nn(C)c3C)cc2)cc1Cl. The zero-order valence-electron chi connectivity index (χ0n) is 16.5. The molecule has 3 rings (SSSR count). The molecule has 1 heterocycles. The highest BCUT2D eigenvalue weighted by molar-refractivity contribution is 6.32. The minimum Gasteiger partial charge on any atom is -0.492 e. The summed E-state index contributed by atoms with van der Waals surface area (Å²) in [6.45, 7) is 6.51. The number of ether oxygens (including phenoxy) is 1. The Bertz CT molecular complexity index is 994. The molecule has 1 N–H and O–H groups in total. The van der Waals surface area contributed by atoms with E-state index in [1.807, 2.05) is 49.8 Å². The Morgan fingerprint density at radius 2 is 1.89 bits per heavy atom. The van der Waals surface area contributed by atoms with Crippen LogP contribution in [0.2, 0.25) is 5.02 Å². The summed E-state index contributed by atoms with van der Waals surface area (Å²) in [5.74, 6) is 0.364. The normalized spacial score (nSPS) is 10.8. The van der Waals surface area contributed by atoms with Crippen molar-refractivity contribution in [3.8, 4) is 5.75 Å². The van der Waals surface area contributed by atoms with Crippen LogP contribution in [0.5, 0.6) is 5.75 Å². The van der Waals surface area contributed by atoms with E-state index in [-0.39, 0.29) is 5.91 Å². The summed E-state index contributed by atoms with van der Waals surface area (Å²) in [5, 5.41) is 7.79. The van der Waals surface area contributed by atoms with Gasteiger partial charge < -0.3 is 10.1 Å². The highest BCUT2D eigenvalue weighted by Crippen LogP contribution is 2.26. The van der Waals surface area contributed by atoms with Gasteiger partial charge >= 0.3 is 0 Å². The Balaban J connectivity index is 1.68. The third kappa shape index (κ3) is 4.37. The van der Waals surface area contributed by atoms with Crippen molar-refractivity contribution in [2.75, 3.05) is 11.9 Å². The number of carbonyl (C=O) groups excluding carboxylic acids is 1. The van der Waals surface area contributed by atoms with Crippen LogP contribution in [0.1, 0.15) is 39.8 Å². The first-order valence-electron chi connectivity index (χ1n) is 9.20. The lowest BCUT2D eigenvalue weighted by Gasteiger charge is -2.09. The van der Waals surface area contributed by atoms with Crippen LogP contribution in [0, 0.1) is 13.8 Å². The molecule has 2 aromatic carbocycles. The van der Waals surface area contributed by atoms with Gasteiger partial charge in [0.15, 0.2) is 0 Å². The first-order valence-corrected chi connectivity index (χ1v) is 9.58. The number of anilines is 1. The molecule has 1 aromatic heterocycles. The van der Waals surface area contributed by atoms with Crippen LogP contribution < -0.4 is 10.1 Å². The first kappa shape index (κ1) is 20.0. The maximum atomic E-state index is 12.5. The van der Waals surface area contributed by atoms with Crippen molar-refractivity contribution in [3.63, 3.8) is 0 Å². The van der Waals surface area contributed by atoms with Gasteiger partial charge in [-0.05, 0) is 56.7 Å². The lowest BCUT2D eigenvalue weighted by Crippen LogP contribution is -2.12. The Kier molecular flexibility index (Phi) is 6.05. The van der Waals surface area contributed by atoms with E-state index in [1.165, 1.54) is 16.8 Å². The number of nitrogens with one attached hydrogen (secondary N) is 1. The van der Waals surface area contributed by atoms with Gasteiger partial charge in [-0.3, -0.25) is 9.48 Å². The zero-order chi connectivity index (χ0) is 20.3. The van der Waals surface area contributed by atoms with Gasteiger partial charge in [-0.2, -0.15) is 5.10 Å². The van der Waals surface area contributed by atoms with Crippen LogP contribution >= 0.6 is 11.6 Å². The molecule has 5 nitrogen and oxygen atoms in total. The average Bonchev–Trinajstić information content (AvgIpc) is 2.91. The zero-order valence-corrected chi connectivity index (χ0v) is 17.3. The van der Waals surface area contributed by atoms with Crippen molar-refractivity contribution < 1.29 is 9.53 Å². The van der Waals surface area contributed by atoms with Gasteiger partial charge in [0.1, 0.15) is 5.75 Å². The number of carbonyl (C=O) groups is 1. The van der Waals surface area contributed by atoms with E-state index in [0.29, 0.717) is 22.9 Å². The van der Waals surface area contributed by atoms with Gasteiger partial charge in [0.05, 0.1) is 17.3 Å². The molecule has 0 saturated carbocycles. The third-order valence-electron chi connectivity index (χ3n) is 4.75. The molecule has 0 aliphatic rings. The molecule has 1 amide bonds. The molecule has 28 heavy (non-hydrogen) atoms. The minimum absolute atomic E-state index is 0.211. The standard InChI is InChI=1S/C22H24ClN3O2/c1-5-28-21-11-8-17(13-20(21)23)22(27)24-18-9-6-16(7-10-18)12-19-14(2)25-26(4)15(19)3/h6-11,13H,5,12H2,1-4H3,(H,24,27). The van der Waals surface area contributed by atoms with Gasteiger partial charge in [0.25, 0.3) is 5.91 Å². The van der Waals surface area contributed by atoms with Crippen LogP contribution in [0.25, 0.3) is 0 Å². The number of amides is 1. The highest BCUT2D eigenvalue weighted by atomic mass is 35.5. The number of hydrogen-bond acceptors (Lipinski definition) is 3. The summed E-state index contributed by atoms with van der Waals surface area (Å²) < 4.78 is 7.30. The summed E-state index contributed by atoms with van der Waals surface area (Å²) in [7, 11) is 1.96. The predicted molar refractivity (Wildman–Crippen MR) is 113 cm³/mol. The minimum atomic E-state index is -0.211. The molecule has 6 heteroatoms. The molecule has 0 fully saturated rings. The van der Waals surface area contributed by atoms with E-state index >= 15 is 0 Å². The van der Waals surface area contributed by atoms with Gasteiger partial charge in [-0.15, -0.1) is 0 Å². The van der Waals surface area contributed by atoms with Crippen LogP contribution in [-0.2, 0) is 13.5 Å². The van der Waals surface area contributed by atoms with Crippen molar-refractivity contribution in [2.45, 2.75) is 27.2 Å². The van der Waals surface area contributed by atoms with Crippen molar-refractivity contribution in [1.29, 1.82) is 0 Å². The largest absolute Gasteiger partial charge is 0.492 e. The van der Waals surface area contributed by atoms with E-state index in [2.05, 4.69) is 17.3 Å². The molecule has 146 valence electrons. The maximum absolute atomic E-state index is 12.5. The van der Waals surface area contributed by atoms with Crippen molar-refractivity contribution in [3.05, 3.63) is 75.6 Å². The van der Waals surface area contributed by atoms with Crippen molar-refractivity contribution >= 4 is 23.2 Å². The topological polar surface area (TPSA) is 56.1 Å². The van der Waals surface area contributed by atoms with Crippen LogP contribution in [-0.4, -0.2) is 22.3 Å². The number of aromatic nitrogens is 2. The molecule has 0 unspecified atom stereocenters. The van der Waals surface area contributed by atoms with E-state index < -0.39 is 0 Å². The molecule has 0 bridgehead atoms. The Morgan fingerprint density at radius 1 is 1.18 bits per heavy atom. The molecule has 0 saturated heterocycles. The van der Waals surface area contributed by atoms with Gasteiger partial charge in [0.2, 0.25) is 0 Å². The molecule has 0 aliphatic carbocycles. The summed E-state index contributed by atoms with van der Waals surface area (Å²) in [4.78, 5) is 12.5. The van der Waals surface area contributed by atoms with Gasteiger partial charge in [0, 0.05) is 36.0 Å². The number of nitrogens with zero attached hydrogens (tertiary/aromatic N) is 2. The van der Waals surface area contributed by atoms with Crippen LogP contribution in [0.4, 0.5) is 5.69 Å². The molecular formula is C22H24ClN3O2. The summed E-state index contributed by atoms with van der Waals surface area (Å²) in [5.41, 5.74) is 5.84. The van der Waals surface area contributed by atoms with E-state index in [9.17, 15) is 4.79 Å². The second kappa shape index (κ2) is 8.48. The predicted octanol–water partition coefficient (Wildman–Crippen LogP) is 4.93. The average molecular weight is 398 g/mol. The summed E-state index contributed by atoms with van der Waals surface area (Å²) in [6.07, 6.45) is 0.814. The first-order chi connectivity index (χ1) is 13.4. The van der Waals surface area contributed by atoms with E-state index in [4.69, 9.17) is 16.3 Å². The lowest BCUT2D eigenvalue weighted by atomic mass is 10.0. The third-order valence-corrected chi connectivity index (χ3v) is 5.04. The van der Waals surface area contributed by atoms with E-state index in [0.717, 1.165) is 17.8 Å². The Labute approximate surface area is 170 Å². The van der Waals surface area contributed by atoms with Gasteiger partial charge in [-0.1, -0.05) is 23.7 Å². The fraction of sp³-hybridized carbons (Fsp3) is 0.273. The molecule has 0 radical (unpaired) electrons. The second-order valence-electron chi connectivity index (χ2n) is 6.68. The number of halogens is 1. The lowest BCUT2D eigenvalue weighted by molar-refractivity contribution is 0.102. The monoisotopic (exact) mass is 397 g/mol. The number of hydrogen-bond donors (Lipinski definition) is 1. The van der Waals surface area contributed by atoms with Crippen LogP contribution in [0.3, 0.4) is 0 Å². The molecule has 0 aliphatic heterocycles. The smallest absolute Gasteiger partial charge is 0.255 e. The quantitative estimate of drug-likeness (QED) is 0.641. The fourth-order valence-corrected chi connectivity index (χ4v) is 3.34. The molecule has 0 atom stereocenters.